The van der Waals surface area contributed by atoms with Crippen LogP contribution < -0.4 is 10.1 Å². The molecule has 0 saturated carbocycles. The minimum Gasteiger partial charge on any atom is -0.480 e. The normalized spacial score (nSPS) is 9.76. The van der Waals surface area contributed by atoms with Crippen LogP contribution in [0.25, 0.3) is 0 Å². The van der Waals surface area contributed by atoms with Crippen molar-refractivity contribution in [1.82, 2.24) is 4.90 Å². The first-order chi connectivity index (χ1) is 10.1. The number of ether oxygens (including phenoxy) is 1. The van der Waals surface area contributed by atoms with Gasteiger partial charge in [0.2, 0.25) is 0 Å². The van der Waals surface area contributed by atoms with Gasteiger partial charge in [-0.25, -0.2) is 9.59 Å². The topological polar surface area (TPSA) is 78.9 Å². The number of hydrogen-bond acceptors (Lipinski definition) is 3. The highest BCUT2D eigenvalue weighted by Crippen LogP contribution is 2.24. The third kappa shape index (κ3) is 5.56. The van der Waals surface area contributed by atoms with Crippen LogP contribution in [0, 0.1) is 0 Å². The molecule has 0 aliphatic rings. The highest BCUT2D eigenvalue weighted by molar-refractivity contribution is 5.91. The van der Waals surface area contributed by atoms with Crippen molar-refractivity contribution in [3.63, 3.8) is 0 Å². The third-order valence-corrected chi connectivity index (χ3v) is 2.61. The molecule has 0 unspecified atom stereocenters. The number of para-hydroxylation sites is 2. The predicted molar refractivity (Wildman–Crippen MR) is 80.7 cm³/mol. The molecule has 1 aromatic rings. The molecule has 0 bridgehead atoms. The number of carboxylic acid groups (broad SMARTS) is 1. The summed E-state index contributed by atoms with van der Waals surface area (Å²) in [7, 11) is 0. The van der Waals surface area contributed by atoms with E-state index in [1.165, 1.54) is 0 Å². The first-order valence-electron chi connectivity index (χ1n) is 6.69. The van der Waals surface area contributed by atoms with Crippen LogP contribution in [0.3, 0.4) is 0 Å². The van der Waals surface area contributed by atoms with E-state index in [4.69, 9.17) is 9.84 Å². The highest BCUT2D eigenvalue weighted by atomic mass is 16.5. The molecule has 6 nitrogen and oxygen atoms in total. The number of anilines is 1. The SMILES string of the molecule is C=CCN(CCC)C(=O)Nc1ccccc1OCC(=O)O. The van der Waals surface area contributed by atoms with Gasteiger partial charge in [-0.2, -0.15) is 0 Å². The molecule has 21 heavy (non-hydrogen) atoms. The number of carbonyl (C=O) groups is 2. The Kier molecular flexibility index (Phi) is 6.80. The fourth-order valence-corrected chi connectivity index (χ4v) is 1.73. The average Bonchev–Trinajstić information content (AvgIpc) is 2.46. The summed E-state index contributed by atoms with van der Waals surface area (Å²) in [6, 6.07) is 6.44. The number of aliphatic carboxylic acids is 1. The minimum atomic E-state index is -1.07. The van der Waals surface area contributed by atoms with Crippen LogP contribution in [-0.2, 0) is 4.79 Å². The summed E-state index contributed by atoms with van der Waals surface area (Å²) in [5, 5.41) is 11.4. The van der Waals surface area contributed by atoms with Crippen LogP contribution in [0.5, 0.6) is 5.75 Å². The van der Waals surface area contributed by atoms with Gasteiger partial charge in [-0.1, -0.05) is 25.1 Å². The summed E-state index contributed by atoms with van der Waals surface area (Å²) >= 11 is 0. The van der Waals surface area contributed by atoms with E-state index in [0.29, 0.717) is 24.5 Å². The van der Waals surface area contributed by atoms with Crippen LogP contribution in [0.2, 0.25) is 0 Å². The summed E-state index contributed by atoms with van der Waals surface area (Å²) in [5.74, 6) is -0.751. The molecule has 0 fully saturated rings. The second kappa shape index (κ2) is 8.63. The largest absolute Gasteiger partial charge is 0.480 e. The van der Waals surface area contributed by atoms with Crippen molar-refractivity contribution >= 4 is 17.7 Å². The predicted octanol–water partition coefficient (Wildman–Crippen LogP) is 2.58. The number of carboxylic acids is 1. The van der Waals surface area contributed by atoms with Gasteiger partial charge in [0, 0.05) is 13.1 Å². The number of urea groups is 1. The van der Waals surface area contributed by atoms with Crippen molar-refractivity contribution in [2.45, 2.75) is 13.3 Å². The monoisotopic (exact) mass is 292 g/mol. The lowest BCUT2D eigenvalue weighted by atomic mass is 10.3. The average molecular weight is 292 g/mol. The molecule has 0 aromatic heterocycles. The number of amides is 2. The van der Waals surface area contributed by atoms with Gasteiger partial charge < -0.3 is 20.1 Å². The maximum absolute atomic E-state index is 12.2. The van der Waals surface area contributed by atoms with E-state index in [2.05, 4.69) is 11.9 Å². The van der Waals surface area contributed by atoms with Crippen molar-refractivity contribution in [1.29, 1.82) is 0 Å². The zero-order chi connectivity index (χ0) is 15.7. The molecule has 0 heterocycles. The van der Waals surface area contributed by atoms with Crippen LogP contribution in [0.4, 0.5) is 10.5 Å². The number of nitrogens with zero attached hydrogens (tertiary/aromatic N) is 1. The van der Waals surface area contributed by atoms with E-state index in [9.17, 15) is 9.59 Å². The molecular formula is C15H20N2O4. The zero-order valence-electron chi connectivity index (χ0n) is 12.0. The van der Waals surface area contributed by atoms with Gasteiger partial charge in [-0.3, -0.25) is 0 Å². The number of nitrogens with one attached hydrogen (secondary N) is 1. The quantitative estimate of drug-likeness (QED) is 0.722. The Balaban J connectivity index is 2.78. The molecular weight excluding hydrogens is 272 g/mol. The number of rotatable bonds is 8. The van der Waals surface area contributed by atoms with E-state index in [1.54, 1.807) is 35.2 Å². The molecule has 1 rings (SSSR count). The fraction of sp³-hybridized carbons (Fsp3) is 0.333. The van der Waals surface area contributed by atoms with Crippen molar-refractivity contribution in [2.24, 2.45) is 0 Å². The van der Waals surface area contributed by atoms with Crippen molar-refractivity contribution < 1.29 is 19.4 Å². The van der Waals surface area contributed by atoms with E-state index in [0.717, 1.165) is 6.42 Å². The Morgan fingerprint density at radius 2 is 2.14 bits per heavy atom. The summed E-state index contributed by atoms with van der Waals surface area (Å²) in [6.45, 7) is 6.20. The minimum absolute atomic E-state index is 0.275. The summed E-state index contributed by atoms with van der Waals surface area (Å²) in [4.78, 5) is 24.3. The summed E-state index contributed by atoms with van der Waals surface area (Å²) in [5.41, 5.74) is 0.439. The smallest absolute Gasteiger partial charge is 0.341 e. The Morgan fingerprint density at radius 1 is 1.43 bits per heavy atom. The van der Waals surface area contributed by atoms with Crippen LogP contribution in [-0.4, -0.2) is 41.7 Å². The molecule has 0 aliphatic heterocycles. The van der Waals surface area contributed by atoms with Crippen molar-refractivity contribution in [3.05, 3.63) is 36.9 Å². The molecule has 0 atom stereocenters. The van der Waals surface area contributed by atoms with Gasteiger partial charge in [0.1, 0.15) is 5.75 Å². The fourth-order valence-electron chi connectivity index (χ4n) is 1.73. The number of hydrogen-bond donors (Lipinski definition) is 2. The Bertz CT molecular complexity index is 502. The van der Waals surface area contributed by atoms with Crippen LogP contribution in [0.15, 0.2) is 36.9 Å². The van der Waals surface area contributed by atoms with E-state index in [1.807, 2.05) is 6.92 Å². The molecule has 6 heteroatoms. The molecule has 0 aliphatic carbocycles. The van der Waals surface area contributed by atoms with E-state index >= 15 is 0 Å². The second-order valence-electron chi connectivity index (χ2n) is 4.34. The van der Waals surface area contributed by atoms with Crippen LogP contribution >= 0.6 is 0 Å². The lowest BCUT2D eigenvalue weighted by Crippen LogP contribution is -2.35. The van der Waals surface area contributed by atoms with Gasteiger partial charge in [-0.05, 0) is 18.6 Å². The summed E-state index contributed by atoms with van der Waals surface area (Å²) in [6.07, 6.45) is 2.49. The van der Waals surface area contributed by atoms with Gasteiger partial charge in [0.05, 0.1) is 5.69 Å². The molecule has 0 saturated heterocycles. The zero-order valence-corrected chi connectivity index (χ0v) is 12.0. The third-order valence-electron chi connectivity index (χ3n) is 2.61. The Hall–Kier alpha value is -2.50. The van der Waals surface area contributed by atoms with E-state index in [-0.39, 0.29) is 6.03 Å². The first-order valence-corrected chi connectivity index (χ1v) is 6.69. The lowest BCUT2D eigenvalue weighted by molar-refractivity contribution is -0.139. The molecule has 2 N–H and O–H groups in total. The molecule has 2 amide bonds. The number of benzene rings is 1. The molecule has 1 aromatic carbocycles. The standard InChI is InChI=1S/C15H20N2O4/c1-3-9-17(10-4-2)15(20)16-12-7-5-6-8-13(12)21-11-14(18)19/h3,5-8H,1,4,9-11H2,2H3,(H,16,20)(H,18,19). The molecule has 0 spiro atoms. The van der Waals surface area contributed by atoms with Gasteiger partial charge in [0.25, 0.3) is 0 Å². The maximum atomic E-state index is 12.2. The Morgan fingerprint density at radius 3 is 2.76 bits per heavy atom. The first kappa shape index (κ1) is 16.6. The van der Waals surface area contributed by atoms with Gasteiger partial charge in [-0.15, -0.1) is 6.58 Å². The maximum Gasteiger partial charge on any atom is 0.341 e. The van der Waals surface area contributed by atoms with Crippen LogP contribution in [0.1, 0.15) is 13.3 Å². The van der Waals surface area contributed by atoms with Crippen molar-refractivity contribution in [2.75, 3.05) is 25.0 Å². The lowest BCUT2D eigenvalue weighted by Gasteiger charge is -2.21. The number of carbonyl (C=O) groups excluding carboxylic acids is 1. The van der Waals surface area contributed by atoms with Gasteiger partial charge >= 0.3 is 12.0 Å². The summed E-state index contributed by atoms with van der Waals surface area (Å²) < 4.78 is 5.15. The highest BCUT2D eigenvalue weighted by Gasteiger charge is 2.13. The van der Waals surface area contributed by atoms with Gasteiger partial charge in [0.15, 0.2) is 6.61 Å². The molecule has 0 radical (unpaired) electrons. The second-order valence-corrected chi connectivity index (χ2v) is 4.34. The van der Waals surface area contributed by atoms with E-state index < -0.39 is 12.6 Å². The van der Waals surface area contributed by atoms with Crippen molar-refractivity contribution in [3.8, 4) is 5.75 Å². The Labute approximate surface area is 124 Å². The molecule has 114 valence electrons.